The van der Waals surface area contributed by atoms with Gasteiger partial charge in [-0.2, -0.15) is 0 Å². The number of carbonyl (C=O) groups excluding carboxylic acids is 1. The van der Waals surface area contributed by atoms with Crippen LogP contribution < -0.4 is 5.73 Å². The number of furan rings is 1. The highest BCUT2D eigenvalue weighted by Crippen LogP contribution is 2.24. The highest BCUT2D eigenvalue weighted by atomic mass is 79.9. The van der Waals surface area contributed by atoms with Gasteiger partial charge in [-0.1, -0.05) is 0 Å². The van der Waals surface area contributed by atoms with Gasteiger partial charge in [0.25, 0.3) is 0 Å². The van der Waals surface area contributed by atoms with Crippen LogP contribution in [0.2, 0.25) is 0 Å². The first-order valence-electron chi connectivity index (χ1n) is 4.42. The van der Waals surface area contributed by atoms with Crippen molar-refractivity contribution in [3.8, 4) is 0 Å². The fourth-order valence-corrected chi connectivity index (χ4v) is 1.68. The number of nitrogens with two attached hydrogens (primary N) is 1. The second kappa shape index (κ2) is 4.09. The predicted molar refractivity (Wildman–Crippen MR) is 60.7 cm³/mol. The van der Waals surface area contributed by atoms with E-state index < -0.39 is 11.6 Å². The zero-order chi connectivity index (χ0) is 11.7. The van der Waals surface area contributed by atoms with Crippen LogP contribution >= 0.6 is 15.9 Å². The van der Waals surface area contributed by atoms with Crippen LogP contribution in [0.15, 0.2) is 39.4 Å². The van der Waals surface area contributed by atoms with Gasteiger partial charge in [-0.3, -0.25) is 4.79 Å². The smallest absolute Gasteiger partial charge is 0.231 e. The molecule has 0 radical (unpaired) electrons. The molecule has 1 heterocycles. The Hall–Kier alpha value is -1.62. The number of hydrogen-bond donors (Lipinski definition) is 1. The normalized spacial score (nSPS) is 10.4. The number of ketones is 1. The average Bonchev–Trinajstić information content (AvgIpc) is 2.67. The number of carbonyl (C=O) groups is 1. The van der Waals surface area contributed by atoms with Gasteiger partial charge in [0.2, 0.25) is 5.78 Å². The molecule has 0 saturated carbocycles. The molecule has 1 aromatic heterocycles. The zero-order valence-electron chi connectivity index (χ0n) is 8.04. The Kier molecular flexibility index (Phi) is 2.78. The van der Waals surface area contributed by atoms with E-state index in [4.69, 9.17) is 10.2 Å². The summed E-state index contributed by atoms with van der Waals surface area (Å²) in [4.78, 5) is 11.9. The molecule has 0 atom stereocenters. The minimum Gasteiger partial charge on any atom is -0.460 e. The number of nitrogen functional groups attached to an aromatic ring is 1. The van der Waals surface area contributed by atoms with Gasteiger partial charge in [0, 0.05) is 5.69 Å². The number of benzene rings is 1. The molecule has 0 amide bonds. The van der Waals surface area contributed by atoms with Gasteiger partial charge in [0.05, 0.1) is 16.3 Å². The third kappa shape index (κ3) is 1.86. The van der Waals surface area contributed by atoms with Crippen LogP contribution in [0.4, 0.5) is 10.1 Å². The van der Waals surface area contributed by atoms with Gasteiger partial charge in [-0.15, -0.1) is 0 Å². The van der Waals surface area contributed by atoms with E-state index in [9.17, 15) is 9.18 Å². The van der Waals surface area contributed by atoms with Crippen LogP contribution in [-0.2, 0) is 0 Å². The maximum atomic E-state index is 13.0. The SMILES string of the molecule is Nc1ccc(F)cc1C(=O)c1occc1Br. The molecule has 82 valence electrons. The first kappa shape index (κ1) is 10.9. The molecule has 2 rings (SSSR count). The maximum absolute atomic E-state index is 13.0. The number of halogens is 2. The summed E-state index contributed by atoms with van der Waals surface area (Å²) >= 11 is 3.16. The van der Waals surface area contributed by atoms with E-state index in [0.717, 1.165) is 6.07 Å². The van der Waals surface area contributed by atoms with E-state index >= 15 is 0 Å². The topological polar surface area (TPSA) is 56.2 Å². The van der Waals surface area contributed by atoms with Gasteiger partial charge in [-0.05, 0) is 40.2 Å². The van der Waals surface area contributed by atoms with E-state index in [1.807, 2.05) is 0 Å². The number of hydrogen-bond acceptors (Lipinski definition) is 3. The molecule has 16 heavy (non-hydrogen) atoms. The van der Waals surface area contributed by atoms with Crippen LogP contribution in [0.1, 0.15) is 16.1 Å². The van der Waals surface area contributed by atoms with E-state index in [1.165, 1.54) is 18.4 Å². The zero-order valence-corrected chi connectivity index (χ0v) is 9.62. The van der Waals surface area contributed by atoms with E-state index in [0.29, 0.717) is 4.47 Å². The fraction of sp³-hybridized carbons (Fsp3) is 0. The van der Waals surface area contributed by atoms with Crippen molar-refractivity contribution >= 4 is 27.4 Å². The largest absolute Gasteiger partial charge is 0.460 e. The number of rotatable bonds is 2. The van der Waals surface area contributed by atoms with Gasteiger partial charge in [0.15, 0.2) is 5.76 Å². The molecule has 0 bridgehead atoms. The standard InChI is InChI=1S/C11H7BrFNO2/c12-8-3-4-16-11(8)10(15)7-5-6(13)1-2-9(7)14/h1-5H,14H2. The molecule has 0 unspecified atom stereocenters. The monoisotopic (exact) mass is 283 g/mol. The summed E-state index contributed by atoms with van der Waals surface area (Å²) in [5, 5.41) is 0. The fourth-order valence-electron chi connectivity index (χ4n) is 1.30. The van der Waals surface area contributed by atoms with Crippen molar-refractivity contribution in [2.24, 2.45) is 0 Å². The molecule has 5 heteroatoms. The Bertz CT molecular complexity index is 551. The highest BCUT2D eigenvalue weighted by Gasteiger charge is 2.18. The summed E-state index contributed by atoms with van der Waals surface area (Å²) < 4.78 is 18.5. The Morgan fingerprint density at radius 2 is 2.12 bits per heavy atom. The Labute approximate surface area is 99.2 Å². The molecule has 0 aliphatic carbocycles. The lowest BCUT2D eigenvalue weighted by atomic mass is 10.1. The van der Waals surface area contributed by atoms with Crippen molar-refractivity contribution in [1.82, 2.24) is 0 Å². The molecule has 3 nitrogen and oxygen atoms in total. The summed E-state index contributed by atoms with van der Waals surface area (Å²) in [5.41, 5.74) is 5.91. The van der Waals surface area contributed by atoms with Gasteiger partial charge < -0.3 is 10.2 Å². The molecule has 0 fully saturated rings. The van der Waals surface area contributed by atoms with Crippen LogP contribution in [0.3, 0.4) is 0 Å². The Morgan fingerprint density at radius 3 is 2.75 bits per heavy atom. The lowest BCUT2D eigenvalue weighted by molar-refractivity contribution is 0.101. The molecule has 2 aromatic rings. The van der Waals surface area contributed by atoms with Crippen LogP contribution in [-0.4, -0.2) is 5.78 Å². The molecular weight excluding hydrogens is 277 g/mol. The lowest BCUT2D eigenvalue weighted by Crippen LogP contribution is -2.05. The summed E-state index contributed by atoms with van der Waals surface area (Å²) in [6, 6.07) is 5.22. The molecule has 2 N–H and O–H groups in total. The minimum absolute atomic E-state index is 0.0932. The first-order valence-corrected chi connectivity index (χ1v) is 5.21. The van der Waals surface area contributed by atoms with E-state index in [1.54, 1.807) is 6.07 Å². The predicted octanol–water partition coefficient (Wildman–Crippen LogP) is 2.99. The summed E-state index contributed by atoms with van der Waals surface area (Å²) in [6.07, 6.45) is 1.37. The van der Waals surface area contributed by atoms with Crippen molar-refractivity contribution in [3.05, 3.63) is 52.1 Å². The van der Waals surface area contributed by atoms with Crippen LogP contribution in [0, 0.1) is 5.82 Å². The van der Waals surface area contributed by atoms with Crippen molar-refractivity contribution < 1.29 is 13.6 Å². The van der Waals surface area contributed by atoms with Crippen molar-refractivity contribution in [2.75, 3.05) is 5.73 Å². The third-order valence-electron chi connectivity index (χ3n) is 2.08. The Balaban J connectivity index is 2.49. The molecule has 0 saturated heterocycles. The van der Waals surface area contributed by atoms with Crippen LogP contribution in [0.5, 0.6) is 0 Å². The van der Waals surface area contributed by atoms with E-state index in [-0.39, 0.29) is 17.0 Å². The lowest BCUT2D eigenvalue weighted by Gasteiger charge is -2.03. The molecule has 0 spiro atoms. The molecule has 0 aliphatic rings. The average molecular weight is 284 g/mol. The second-order valence-corrected chi connectivity index (χ2v) is 4.01. The quantitative estimate of drug-likeness (QED) is 0.681. The molecule has 1 aromatic carbocycles. The van der Waals surface area contributed by atoms with Crippen molar-refractivity contribution in [1.29, 1.82) is 0 Å². The highest BCUT2D eigenvalue weighted by molar-refractivity contribution is 9.10. The molecule has 0 aliphatic heterocycles. The van der Waals surface area contributed by atoms with Crippen molar-refractivity contribution in [2.45, 2.75) is 0 Å². The first-order chi connectivity index (χ1) is 7.59. The number of anilines is 1. The van der Waals surface area contributed by atoms with Gasteiger partial charge >= 0.3 is 0 Å². The summed E-state index contributed by atoms with van der Waals surface area (Å²) in [5.74, 6) is -0.855. The molecular formula is C11H7BrFNO2. The van der Waals surface area contributed by atoms with Crippen molar-refractivity contribution in [3.63, 3.8) is 0 Å². The van der Waals surface area contributed by atoms with Crippen LogP contribution in [0.25, 0.3) is 0 Å². The summed E-state index contributed by atoms with van der Waals surface area (Å²) in [7, 11) is 0. The Morgan fingerprint density at radius 1 is 1.38 bits per heavy atom. The van der Waals surface area contributed by atoms with E-state index in [2.05, 4.69) is 15.9 Å². The maximum Gasteiger partial charge on any atom is 0.231 e. The second-order valence-electron chi connectivity index (χ2n) is 3.16. The summed E-state index contributed by atoms with van der Waals surface area (Å²) in [6.45, 7) is 0. The minimum atomic E-state index is -0.514. The van der Waals surface area contributed by atoms with Gasteiger partial charge in [-0.25, -0.2) is 4.39 Å². The van der Waals surface area contributed by atoms with Gasteiger partial charge in [0.1, 0.15) is 5.82 Å². The third-order valence-corrected chi connectivity index (χ3v) is 2.71.